The number of phenols is 1. The Morgan fingerprint density at radius 1 is 1.05 bits per heavy atom. The van der Waals surface area contributed by atoms with Crippen LogP contribution in [0.2, 0.25) is 0 Å². The Kier molecular flexibility index (Phi) is 6.52. The lowest BCUT2D eigenvalue weighted by Gasteiger charge is -2.52. The molecule has 2 amide bonds. The van der Waals surface area contributed by atoms with E-state index < -0.39 is 64.1 Å². The second kappa shape index (κ2) is 9.02. The van der Waals surface area contributed by atoms with Gasteiger partial charge in [-0.25, -0.2) is 0 Å². The Morgan fingerprint density at radius 2 is 1.66 bits per heavy atom. The van der Waals surface area contributed by atoms with Gasteiger partial charge in [-0.3, -0.25) is 19.3 Å². The molecule has 5 atom stereocenters. The molecule has 1 aromatic carbocycles. The van der Waals surface area contributed by atoms with E-state index in [1.807, 2.05) is 0 Å². The van der Waals surface area contributed by atoms with Gasteiger partial charge in [-0.1, -0.05) is 0 Å². The zero-order valence-electron chi connectivity index (χ0n) is 22.7. The highest BCUT2D eigenvalue weighted by Crippen LogP contribution is 2.55. The van der Waals surface area contributed by atoms with Crippen LogP contribution in [0.25, 0.3) is 0 Å². The van der Waals surface area contributed by atoms with E-state index in [-0.39, 0.29) is 28.9 Å². The van der Waals surface area contributed by atoms with Gasteiger partial charge in [-0.2, -0.15) is 0 Å². The van der Waals surface area contributed by atoms with Crippen molar-refractivity contribution in [1.29, 1.82) is 0 Å². The minimum absolute atomic E-state index is 0.0243. The fourth-order valence-electron chi connectivity index (χ4n) is 6.74. The topological polar surface area (TPSA) is 168 Å². The summed E-state index contributed by atoms with van der Waals surface area (Å²) in [4.78, 5) is 43.9. The maximum atomic E-state index is 14.0. The van der Waals surface area contributed by atoms with Gasteiger partial charge in [0.2, 0.25) is 0 Å². The third-order valence-corrected chi connectivity index (χ3v) is 8.24. The van der Waals surface area contributed by atoms with E-state index in [1.165, 1.54) is 25.9 Å². The van der Waals surface area contributed by atoms with Crippen molar-refractivity contribution in [1.82, 2.24) is 9.80 Å². The smallest absolute Gasteiger partial charge is 0.257 e. The number of Topliss-reactive ketones (excluding diaryl/α,β-unsaturated/α-hetero) is 1. The van der Waals surface area contributed by atoms with E-state index >= 15 is 0 Å². The lowest BCUT2D eigenvalue weighted by Crippen LogP contribution is -2.59. The third kappa shape index (κ3) is 3.75. The minimum Gasteiger partial charge on any atom is -0.511 e. The van der Waals surface area contributed by atoms with Crippen LogP contribution in [0, 0.1) is 17.8 Å². The van der Waals surface area contributed by atoms with E-state index in [4.69, 9.17) is 5.73 Å². The molecule has 0 bridgehead atoms. The number of aliphatic hydroxyl groups is 3. The number of allylic oxidation sites excluding steroid dienone is 1. The number of nitrogens with zero attached hydrogens (tertiary/aromatic N) is 3. The molecule has 0 aliphatic heterocycles. The number of primary amides is 1. The summed E-state index contributed by atoms with van der Waals surface area (Å²) in [5.74, 6) is -5.55. The summed E-state index contributed by atoms with van der Waals surface area (Å²) < 4.78 is 0. The SMILES string of the molecule is CN(C)C(=O)c1cc(N(C)C)c2c(c1O)C(=O)C1=C(O)C3C(CC1C2)[C@H](N(C)C)C(O)=C(C(N)=O)C3(C)O. The molecule has 0 aromatic heterocycles. The number of nitrogens with two attached hydrogens (primary N) is 1. The Bertz CT molecular complexity index is 1310. The third-order valence-electron chi connectivity index (χ3n) is 8.24. The molecule has 38 heavy (non-hydrogen) atoms. The summed E-state index contributed by atoms with van der Waals surface area (Å²) in [6.07, 6.45) is 0.576. The number of fused-ring (bicyclic) bond motifs is 3. The molecule has 0 radical (unpaired) electrons. The maximum Gasteiger partial charge on any atom is 0.257 e. The van der Waals surface area contributed by atoms with E-state index in [9.17, 15) is 34.8 Å². The van der Waals surface area contributed by atoms with Gasteiger partial charge in [-0.05, 0) is 57.3 Å². The van der Waals surface area contributed by atoms with Crippen LogP contribution in [0.15, 0.2) is 28.7 Å². The van der Waals surface area contributed by atoms with Gasteiger partial charge in [0.05, 0.1) is 28.7 Å². The standard InChI is InChI=1S/C27H36N4O7/c1-27(38)18-13(20(30(4)5)24(35)19(27)25(28)36)9-11-8-12-15(29(2)3)10-14(26(37)31(6)7)21(32)17(12)22(33)16(11)23(18)34/h10-11,13,18,20,32,34-35,38H,8-9H2,1-7H3,(H2,28,36)/t11?,13?,18?,20-,27?/m0/s1. The van der Waals surface area contributed by atoms with E-state index in [0.717, 1.165) is 0 Å². The molecule has 3 aliphatic rings. The van der Waals surface area contributed by atoms with Crippen molar-refractivity contribution in [2.24, 2.45) is 23.5 Å². The number of hydrogen-bond acceptors (Lipinski definition) is 9. The van der Waals surface area contributed by atoms with Crippen molar-refractivity contribution in [3.63, 3.8) is 0 Å². The lowest BCUT2D eigenvalue weighted by atomic mass is 9.57. The first-order valence-corrected chi connectivity index (χ1v) is 12.4. The highest BCUT2D eigenvalue weighted by atomic mass is 16.3. The van der Waals surface area contributed by atoms with Gasteiger partial charge in [0.25, 0.3) is 11.8 Å². The molecule has 206 valence electrons. The molecule has 11 nitrogen and oxygen atoms in total. The summed E-state index contributed by atoms with van der Waals surface area (Å²) >= 11 is 0. The number of hydrogen-bond donors (Lipinski definition) is 5. The largest absolute Gasteiger partial charge is 0.511 e. The molecular weight excluding hydrogens is 492 g/mol. The van der Waals surface area contributed by atoms with Crippen molar-refractivity contribution >= 4 is 23.3 Å². The van der Waals surface area contributed by atoms with E-state index in [0.29, 0.717) is 17.7 Å². The predicted octanol–water partition coefficient (Wildman–Crippen LogP) is 0.955. The molecule has 4 rings (SSSR count). The molecule has 4 unspecified atom stereocenters. The van der Waals surface area contributed by atoms with Crippen LogP contribution in [0.3, 0.4) is 0 Å². The van der Waals surface area contributed by atoms with Crippen LogP contribution in [0.5, 0.6) is 5.75 Å². The summed E-state index contributed by atoms with van der Waals surface area (Å²) in [5, 5.41) is 45.3. The van der Waals surface area contributed by atoms with Crippen molar-refractivity contribution in [2.45, 2.75) is 31.4 Å². The van der Waals surface area contributed by atoms with Crippen LogP contribution in [0.1, 0.15) is 39.6 Å². The average molecular weight is 529 g/mol. The number of likely N-dealkylation sites (N-methyl/N-ethyl adjacent to an activating group) is 1. The van der Waals surface area contributed by atoms with Gasteiger partial charge in [0.15, 0.2) is 5.78 Å². The number of anilines is 1. The number of carbonyl (C=O) groups is 3. The molecule has 6 N–H and O–H groups in total. The van der Waals surface area contributed by atoms with Gasteiger partial charge in [-0.15, -0.1) is 0 Å². The summed E-state index contributed by atoms with van der Waals surface area (Å²) in [6.45, 7) is 1.29. The highest BCUT2D eigenvalue weighted by molar-refractivity contribution is 6.16. The van der Waals surface area contributed by atoms with Gasteiger partial charge < -0.3 is 36.0 Å². The highest BCUT2D eigenvalue weighted by Gasteiger charge is 2.59. The van der Waals surface area contributed by atoms with Crippen LogP contribution in [-0.4, -0.2) is 102 Å². The van der Waals surface area contributed by atoms with Crippen molar-refractivity contribution in [3.05, 3.63) is 45.4 Å². The summed E-state index contributed by atoms with van der Waals surface area (Å²) in [6, 6.07) is 0.816. The monoisotopic (exact) mass is 528 g/mol. The number of aromatic hydroxyl groups is 1. The fourth-order valence-corrected chi connectivity index (χ4v) is 6.74. The molecule has 11 heteroatoms. The fraction of sp³-hybridized carbons (Fsp3) is 0.519. The lowest BCUT2D eigenvalue weighted by molar-refractivity contribution is -0.120. The molecular formula is C27H36N4O7. The first-order chi connectivity index (χ1) is 17.5. The zero-order valence-corrected chi connectivity index (χ0v) is 22.7. The molecule has 0 heterocycles. The van der Waals surface area contributed by atoms with Gasteiger partial charge in [0.1, 0.15) is 22.9 Å². The van der Waals surface area contributed by atoms with Gasteiger partial charge in [0, 0.05) is 39.5 Å². The Labute approximate surface area is 221 Å². The number of aliphatic hydroxyl groups excluding tert-OH is 2. The first kappa shape index (κ1) is 27.5. The maximum absolute atomic E-state index is 14.0. The number of ketones is 1. The van der Waals surface area contributed by atoms with E-state index in [2.05, 4.69) is 0 Å². The summed E-state index contributed by atoms with van der Waals surface area (Å²) in [5.41, 5.74) is 4.13. The van der Waals surface area contributed by atoms with Gasteiger partial charge >= 0.3 is 0 Å². The molecule has 0 fully saturated rings. The van der Waals surface area contributed by atoms with Crippen LogP contribution in [0.4, 0.5) is 5.69 Å². The number of rotatable bonds is 4. The number of carbonyl (C=O) groups excluding carboxylic acids is 3. The Balaban J connectivity index is 1.98. The number of benzene rings is 1. The predicted molar refractivity (Wildman–Crippen MR) is 140 cm³/mol. The molecule has 3 aliphatic carbocycles. The van der Waals surface area contributed by atoms with Crippen molar-refractivity contribution < 1.29 is 34.8 Å². The molecule has 0 spiro atoms. The molecule has 1 aromatic rings. The van der Waals surface area contributed by atoms with Crippen molar-refractivity contribution in [3.8, 4) is 5.75 Å². The first-order valence-electron chi connectivity index (χ1n) is 12.4. The molecule has 0 saturated heterocycles. The molecule has 0 saturated carbocycles. The zero-order chi connectivity index (χ0) is 28.6. The second-order valence-electron chi connectivity index (χ2n) is 11.3. The van der Waals surface area contributed by atoms with Crippen LogP contribution in [-0.2, 0) is 11.2 Å². The summed E-state index contributed by atoms with van der Waals surface area (Å²) in [7, 11) is 10.0. The Morgan fingerprint density at radius 3 is 2.16 bits per heavy atom. The van der Waals surface area contributed by atoms with Crippen LogP contribution < -0.4 is 10.6 Å². The number of phenolic OH excluding ortho intramolecular Hbond substituents is 1. The second-order valence-corrected chi connectivity index (χ2v) is 11.3. The minimum atomic E-state index is -2.06. The average Bonchev–Trinajstić information content (AvgIpc) is 2.76. The normalized spacial score (nSPS) is 28.6. The van der Waals surface area contributed by atoms with Crippen molar-refractivity contribution in [2.75, 3.05) is 47.2 Å². The quantitative estimate of drug-likeness (QED) is 0.382. The number of amides is 2. The van der Waals surface area contributed by atoms with Crippen LogP contribution >= 0.6 is 0 Å². The van der Waals surface area contributed by atoms with E-state index in [1.54, 1.807) is 44.1 Å². The Hall–Kier alpha value is -3.57.